The number of likely N-dealkylation sites (N-methyl/N-ethyl adjacent to an activating group) is 1. The summed E-state index contributed by atoms with van der Waals surface area (Å²) in [6.45, 7) is 11.1. The second-order valence-electron chi connectivity index (χ2n) is 6.63. The summed E-state index contributed by atoms with van der Waals surface area (Å²) in [5, 5.41) is 14.3. The van der Waals surface area contributed by atoms with Gasteiger partial charge in [-0.15, -0.1) is 12.6 Å². The number of H-pyrrole nitrogens is 1. The third kappa shape index (κ3) is 9.21. The Morgan fingerprint density at radius 3 is 2.58 bits per heavy atom. The molecule has 0 aliphatic rings. The van der Waals surface area contributed by atoms with Gasteiger partial charge in [-0.25, -0.2) is 0 Å². The maximum atomic E-state index is 5.08. The highest BCUT2D eigenvalue weighted by Gasteiger charge is 2.03. The lowest BCUT2D eigenvalue weighted by molar-refractivity contribution is 0.802. The Morgan fingerprint density at radius 1 is 1.26 bits per heavy atom. The van der Waals surface area contributed by atoms with Crippen LogP contribution >= 0.6 is 12.6 Å². The highest BCUT2D eigenvalue weighted by Crippen LogP contribution is 2.24. The lowest BCUT2D eigenvalue weighted by atomic mass is 10.1. The summed E-state index contributed by atoms with van der Waals surface area (Å²) in [5.74, 6) is 0. The molecule has 0 aliphatic carbocycles. The molecule has 1 heterocycles. The van der Waals surface area contributed by atoms with Crippen molar-refractivity contribution in [1.29, 1.82) is 0 Å². The zero-order chi connectivity index (χ0) is 23.1. The molecule has 0 atom stereocenters. The minimum Gasteiger partial charge on any atom is -0.362 e. The van der Waals surface area contributed by atoms with Gasteiger partial charge in [-0.1, -0.05) is 30.3 Å². The molecule has 0 aliphatic heterocycles. The highest BCUT2D eigenvalue weighted by molar-refractivity contribution is 7.90. The molecular formula is C24H34N6S. The topological polar surface area (TPSA) is 91.1 Å². The van der Waals surface area contributed by atoms with E-state index in [1.807, 2.05) is 63.5 Å². The molecule has 3 aromatic rings. The Kier molecular flexibility index (Phi) is 12.7. The summed E-state index contributed by atoms with van der Waals surface area (Å²) >= 11 is 4.34. The summed E-state index contributed by atoms with van der Waals surface area (Å²) in [5.41, 5.74) is 10.6. The van der Waals surface area contributed by atoms with E-state index >= 15 is 0 Å². The van der Waals surface area contributed by atoms with Gasteiger partial charge < -0.3 is 16.4 Å². The molecule has 166 valence electrons. The summed E-state index contributed by atoms with van der Waals surface area (Å²) in [4.78, 5) is 4.49. The van der Waals surface area contributed by atoms with Crippen LogP contribution in [0.25, 0.3) is 15.8 Å². The number of benzene rings is 2. The summed E-state index contributed by atoms with van der Waals surface area (Å²) in [6, 6.07) is 14.2. The van der Waals surface area contributed by atoms with Crippen LogP contribution in [-0.4, -0.2) is 37.1 Å². The van der Waals surface area contributed by atoms with Gasteiger partial charge >= 0.3 is 0 Å². The first-order valence-corrected chi connectivity index (χ1v) is 10.5. The van der Waals surface area contributed by atoms with Gasteiger partial charge in [0, 0.05) is 41.0 Å². The molecule has 0 spiro atoms. The SMILES string of the molecule is C/C=C/Nc1ccccc1C.C=N/C=C(\S)c1ccc2n[nH]c(C)c2c1.CNCCN. The van der Waals surface area contributed by atoms with Crippen LogP contribution in [0, 0.1) is 13.8 Å². The van der Waals surface area contributed by atoms with Crippen LogP contribution < -0.4 is 16.4 Å². The predicted molar refractivity (Wildman–Crippen MR) is 140 cm³/mol. The first kappa shape index (κ1) is 26.2. The van der Waals surface area contributed by atoms with Crippen LogP contribution in [0.3, 0.4) is 0 Å². The number of fused-ring (bicyclic) bond motifs is 1. The number of anilines is 1. The first-order chi connectivity index (χ1) is 15.0. The van der Waals surface area contributed by atoms with Gasteiger partial charge in [-0.2, -0.15) is 5.10 Å². The van der Waals surface area contributed by atoms with Gasteiger partial charge in [0.2, 0.25) is 0 Å². The van der Waals surface area contributed by atoms with Crippen LogP contribution in [0.5, 0.6) is 0 Å². The van der Waals surface area contributed by atoms with Crippen molar-refractivity contribution in [3.05, 3.63) is 77.8 Å². The zero-order valence-corrected chi connectivity index (χ0v) is 19.7. The first-order valence-electron chi connectivity index (χ1n) is 10.1. The zero-order valence-electron chi connectivity index (χ0n) is 18.8. The number of aromatic nitrogens is 2. The second-order valence-corrected chi connectivity index (χ2v) is 7.11. The van der Waals surface area contributed by atoms with Crippen LogP contribution in [0.15, 0.2) is 65.9 Å². The van der Waals surface area contributed by atoms with E-state index in [0.29, 0.717) is 0 Å². The number of nitrogens with two attached hydrogens (primary N) is 1. The average Bonchev–Trinajstić information content (AvgIpc) is 3.15. The number of nitrogens with zero attached hydrogens (tertiary/aromatic N) is 2. The van der Waals surface area contributed by atoms with Crippen LogP contribution in [-0.2, 0) is 0 Å². The molecule has 0 saturated carbocycles. The quantitative estimate of drug-likeness (QED) is 0.279. The molecular weight excluding hydrogens is 404 g/mol. The molecule has 0 fully saturated rings. The molecule has 7 heteroatoms. The molecule has 0 saturated heterocycles. The van der Waals surface area contributed by atoms with Crippen molar-refractivity contribution in [2.24, 2.45) is 10.7 Å². The smallest absolute Gasteiger partial charge is 0.0924 e. The normalized spacial score (nSPS) is 10.8. The molecule has 2 aromatic carbocycles. The number of thiol groups is 1. The molecule has 0 amide bonds. The number of rotatable bonds is 6. The average molecular weight is 439 g/mol. The molecule has 3 rings (SSSR count). The fraction of sp³-hybridized carbons (Fsp3) is 0.250. The van der Waals surface area contributed by atoms with E-state index in [1.165, 1.54) is 11.3 Å². The third-order valence-electron chi connectivity index (χ3n) is 4.20. The molecule has 1 aromatic heterocycles. The van der Waals surface area contributed by atoms with Crippen molar-refractivity contribution >= 4 is 40.8 Å². The van der Waals surface area contributed by atoms with Gasteiger partial charge in [0.15, 0.2) is 0 Å². The minimum absolute atomic E-state index is 0.733. The number of hydrogen-bond donors (Lipinski definition) is 5. The van der Waals surface area contributed by atoms with E-state index in [2.05, 4.69) is 64.2 Å². The second kappa shape index (κ2) is 15.0. The fourth-order valence-corrected chi connectivity index (χ4v) is 2.73. The van der Waals surface area contributed by atoms with E-state index in [0.717, 1.165) is 40.2 Å². The number of nitrogens with one attached hydrogen (secondary N) is 3. The molecule has 0 unspecified atom stereocenters. The fourth-order valence-electron chi connectivity index (χ4n) is 2.51. The molecule has 31 heavy (non-hydrogen) atoms. The standard InChI is InChI=1S/C11H11N3S.C10H13N.C3H10N2/c1-7-9-5-8(11(15)6-12-2)3-4-10(9)14-13-7;1-3-8-11-10-7-5-4-6-9(10)2;1-5-3-2-4/h3-6,15H,2H2,1H3,(H,13,14);3-8,11H,1-2H3;5H,2-4H2,1H3/b11-6-;8-3+;. The Balaban J connectivity index is 0.000000264. The third-order valence-corrected chi connectivity index (χ3v) is 4.57. The number of allylic oxidation sites excluding steroid dienone is 1. The van der Waals surface area contributed by atoms with Crippen molar-refractivity contribution in [2.75, 3.05) is 25.5 Å². The number of aliphatic imine (C=N–C) groups is 1. The summed E-state index contributed by atoms with van der Waals surface area (Å²) in [7, 11) is 1.88. The Morgan fingerprint density at radius 2 is 2.00 bits per heavy atom. The van der Waals surface area contributed by atoms with Gasteiger partial charge in [0.1, 0.15) is 0 Å². The van der Waals surface area contributed by atoms with Gasteiger partial charge in [0.25, 0.3) is 0 Å². The van der Waals surface area contributed by atoms with E-state index in [1.54, 1.807) is 6.20 Å². The number of aromatic amines is 1. The van der Waals surface area contributed by atoms with Gasteiger partial charge in [-0.3, -0.25) is 10.1 Å². The van der Waals surface area contributed by atoms with Crippen molar-refractivity contribution in [3.63, 3.8) is 0 Å². The van der Waals surface area contributed by atoms with Crippen LogP contribution in [0.1, 0.15) is 23.7 Å². The molecule has 0 bridgehead atoms. The predicted octanol–water partition coefficient (Wildman–Crippen LogP) is 4.91. The van der Waals surface area contributed by atoms with Gasteiger partial charge in [0.05, 0.1) is 5.52 Å². The molecule has 5 N–H and O–H groups in total. The number of para-hydroxylation sites is 1. The summed E-state index contributed by atoms with van der Waals surface area (Å²) < 4.78 is 0. The maximum absolute atomic E-state index is 5.08. The van der Waals surface area contributed by atoms with Crippen molar-refractivity contribution < 1.29 is 0 Å². The molecule has 6 nitrogen and oxygen atoms in total. The summed E-state index contributed by atoms with van der Waals surface area (Å²) in [6.07, 6.45) is 5.54. The van der Waals surface area contributed by atoms with E-state index in [4.69, 9.17) is 5.73 Å². The Hall–Kier alpha value is -2.87. The lowest BCUT2D eigenvalue weighted by Crippen LogP contribution is -2.17. The number of aryl methyl sites for hydroxylation is 2. The number of hydrogen-bond acceptors (Lipinski definition) is 6. The van der Waals surface area contributed by atoms with Crippen LogP contribution in [0.4, 0.5) is 5.69 Å². The minimum atomic E-state index is 0.733. The van der Waals surface area contributed by atoms with Crippen molar-refractivity contribution in [1.82, 2.24) is 15.5 Å². The van der Waals surface area contributed by atoms with Crippen molar-refractivity contribution in [3.8, 4) is 0 Å². The Labute approximate surface area is 191 Å². The lowest BCUT2D eigenvalue weighted by Gasteiger charge is -2.02. The monoisotopic (exact) mass is 438 g/mol. The Bertz CT molecular complexity index is 989. The van der Waals surface area contributed by atoms with E-state index < -0.39 is 0 Å². The van der Waals surface area contributed by atoms with Crippen molar-refractivity contribution in [2.45, 2.75) is 20.8 Å². The maximum Gasteiger partial charge on any atom is 0.0924 e. The van der Waals surface area contributed by atoms with Gasteiger partial charge in [-0.05, 0) is 70.1 Å². The van der Waals surface area contributed by atoms with E-state index in [-0.39, 0.29) is 0 Å². The largest absolute Gasteiger partial charge is 0.362 e. The van der Waals surface area contributed by atoms with E-state index in [9.17, 15) is 0 Å². The highest BCUT2D eigenvalue weighted by atomic mass is 32.1. The molecule has 0 radical (unpaired) electrons. The van der Waals surface area contributed by atoms with Crippen LogP contribution in [0.2, 0.25) is 0 Å².